The fourth-order valence-corrected chi connectivity index (χ4v) is 5.62. The molecule has 0 amide bonds. The molecule has 2 bridgehead atoms. The molecule has 0 aliphatic carbocycles. The van der Waals surface area contributed by atoms with Gasteiger partial charge in [0.15, 0.2) is 5.44 Å². The number of allylic oxidation sites excluding steroid dienone is 2. The van der Waals surface area contributed by atoms with Gasteiger partial charge in [0.05, 0.1) is 15.7 Å². The summed E-state index contributed by atoms with van der Waals surface area (Å²) in [6.07, 6.45) is 0. The lowest BCUT2D eigenvalue weighted by molar-refractivity contribution is 0.225. The second-order valence-corrected chi connectivity index (χ2v) is 6.92. The van der Waals surface area contributed by atoms with Gasteiger partial charge >= 0.3 is 0 Å². The van der Waals surface area contributed by atoms with E-state index in [-0.39, 0.29) is 10.0 Å². The van der Waals surface area contributed by atoms with Gasteiger partial charge < -0.3 is 4.74 Å². The molecular formula is C10H14O2S2. The van der Waals surface area contributed by atoms with Crippen LogP contribution < -0.4 is 0 Å². The first kappa shape index (κ1) is 10.3. The zero-order valence-electron chi connectivity index (χ0n) is 8.79. The summed E-state index contributed by atoms with van der Waals surface area (Å²) in [5, 5.41) is 0. The van der Waals surface area contributed by atoms with Crippen LogP contribution in [-0.2, 0) is 15.5 Å². The summed E-state index contributed by atoms with van der Waals surface area (Å²) in [5.74, 6) is 0.934. The molecule has 3 unspecified atom stereocenters. The molecule has 2 fully saturated rings. The van der Waals surface area contributed by atoms with Gasteiger partial charge in [-0.25, -0.2) is 0 Å². The number of thioether (sulfide) groups is 1. The Hall–Kier alpha value is -0.220. The molecule has 2 aliphatic heterocycles. The average Bonchev–Trinajstić information content (AvgIpc) is 2.59. The number of hydrogen-bond donors (Lipinski definition) is 0. The zero-order chi connectivity index (χ0) is 10.5. The van der Waals surface area contributed by atoms with Crippen molar-refractivity contribution in [1.82, 2.24) is 0 Å². The molecule has 0 saturated carbocycles. The highest BCUT2D eigenvalue weighted by Crippen LogP contribution is 2.52. The molecule has 0 aromatic rings. The molecule has 2 heterocycles. The number of rotatable bonds is 0. The standard InChI is InChI=1S/C10H14O2S2/c1-5(2)7-10-13-9(12-7)8(6(3)4)14(10)11/h9-10H,1-4H3. The van der Waals surface area contributed by atoms with Crippen molar-refractivity contribution in [3.8, 4) is 0 Å². The molecule has 0 aromatic carbocycles. The number of ether oxygens (including phenoxy) is 1. The molecule has 2 rings (SSSR count). The van der Waals surface area contributed by atoms with Crippen molar-refractivity contribution < 1.29 is 8.95 Å². The highest BCUT2D eigenvalue weighted by molar-refractivity contribution is 8.17. The second-order valence-electron chi connectivity index (χ2n) is 3.94. The van der Waals surface area contributed by atoms with Crippen molar-refractivity contribution in [3.05, 3.63) is 21.8 Å². The van der Waals surface area contributed by atoms with E-state index >= 15 is 0 Å². The third-order valence-electron chi connectivity index (χ3n) is 2.31. The Morgan fingerprint density at radius 2 is 1.93 bits per heavy atom. The van der Waals surface area contributed by atoms with E-state index < -0.39 is 10.8 Å². The van der Waals surface area contributed by atoms with Crippen LogP contribution in [0.4, 0.5) is 0 Å². The van der Waals surface area contributed by atoms with Crippen molar-refractivity contribution >= 4 is 22.6 Å². The number of hydrogen-bond acceptors (Lipinski definition) is 3. The molecule has 2 saturated heterocycles. The van der Waals surface area contributed by atoms with Crippen molar-refractivity contribution in [2.45, 2.75) is 37.7 Å². The van der Waals surface area contributed by atoms with Crippen LogP contribution in [0, 0.1) is 0 Å². The third kappa shape index (κ3) is 1.36. The minimum Gasteiger partial charge on any atom is -0.477 e. The highest BCUT2D eigenvalue weighted by Gasteiger charge is 2.49. The van der Waals surface area contributed by atoms with Gasteiger partial charge in [-0.1, -0.05) is 17.3 Å². The van der Waals surface area contributed by atoms with Crippen LogP contribution in [-0.4, -0.2) is 14.2 Å². The summed E-state index contributed by atoms with van der Waals surface area (Å²) in [5.41, 5.74) is 2.29. The van der Waals surface area contributed by atoms with Crippen molar-refractivity contribution in [1.29, 1.82) is 0 Å². The van der Waals surface area contributed by atoms with Gasteiger partial charge in [-0.2, -0.15) is 0 Å². The summed E-state index contributed by atoms with van der Waals surface area (Å²) < 4.78 is 17.9. The van der Waals surface area contributed by atoms with E-state index in [0.29, 0.717) is 0 Å². The molecule has 78 valence electrons. The van der Waals surface area contributed by atoms with Crippen LogP contribution in [0.2, 0.25) is 0 Å². The lowest BCUT2D eigenvalue weighted by Gasteiger charge is -2.18. The fourth-order valence-electron chi connectivity index (χ4n) is 1.64. The predicted molar refractivity (Wildman–Crippen MR) is 61.1 cm³/mol. The minimum absolute atomic E-state index is 0.00994. The Bertz CT molecular complexity index is 360. The molecule has 0 N–H and O–H groups in total. The summed E-state index contributed by atoms with van der Waals surface area (Å²) >= 11 is 1.67. The lowest BCUT2D eigenvalue weighted by Crippen LogP contribution is -2.19. The molecule has 0 aromatic heterocycles. The summed E-state index contributed by atoms with van der Waals surface area (Å²) in [4.78, 5) is 0.991. The molecule has 4 heteroatoms. The van der Waals surface area contributed by atoms with E-state index in [9.17, 15) is 4.21 Å². The molecule has 0 radical (unpaired) electrons. The average molecular weight is 230 g/mol. The molecule has 3 atom stereocenters. The molecule has 0 spiro atoms. The van der Waals surface area contributed by atoms with E-state index in [0.717, 1.165) is 21.8 Å². The topological polar surface area (TPSA) is 26.3 Å². The van der Waals surface area contributed by atoms with Gasteiger partial charge in [-0.3, -0.25) is 4.21 Å². The van der Waals surface area contributed by atoms with E-state index in [2.05, 4.69) is 0 Å². The number of fused-ring (bicyclic) bond motifs is 2. The maximum absolute atomic E-state index is 12.0. The molecule has 2 aliphatic rings. The highest BCUT2D eigenvalue weighted by atomic mass is 32.2. The van der Waals surface area contributed by atoms with Gasteiger partial charge in [0.25, 0.3) is 0 Å². The van der Waals surface area contributed by atoms with E-state index in [4.69, 9.17) is 4.74 Å². The lowest BCUT2D eigenvalue weighted by atomic mass is 10.3. The first-order chi connectivity index (χ1) is 6.52. The van der Waals surface area contributed by atoms with E-state index in [1.54, 1.807) is 11.8 Å². The van der Waals surface area contributed by atoms with Gasteiger partial charge in [0.1, 0.15) is 10.3 Å². The van der Waals surface area contributed by atoms with E-state index in [1.807, 2.05) is 27.7 Å². The molecule has 14 heavy (non-hydrogen) atoms. The summed E-state index contributed by atoms with van der Waals surface area (Å²) in [6, 6.07) is 0. The maximum Gasteiger partial charge on any atom is 0.179 e. The van der Waals surface area contributed by atoms with E-state index in [1.165, 1.54) is 0 Å². The van der Waals surface area contributed by atoms with Crippen LogP contribution in [0.1, 0.15) is 27.7 Å². The quantitative estimate of drug-likeness (QED) is 0.640. The van der Waals surface area contributed by atoms with Gasteiger partial charge in [-0.05, 0) is 33.3 Å². The van der Waals surface area contributed by atoms with Crippen LogP contribution in [0.3, 0.4) is 0 Å². The Morgan fingerprint density at radius 3 is 2.36 bits per heavy atom. The monoisotopic (exact) mass is 230 g/mol. The summed E-state index contributed by atoms with van der Waals surface area (Å²) in [6.45, 7) is 8.02. The van der Waals surface area contributed by atoms with Crippen molar-refractivity contribution in [2.75, 3.05) is 0 Å². The van der Waals surface area contributed by atoms with Crippen LogP contribution in [0.25, 0.3) is 0 Å². The van der Waals surface area contributed by atoms with Gasteiger partial charge in [-0.15, -0.1) is 0 Å². The Balaban J connectivity index is 2.41. The SMILES string of the molecule is CC(C)=C1OC2SC1S(=O)C2=C(C)C. The Labute approximate surface area is 91.2 Å². The Kier molecular flexibility index (Phi) is 2.52. The molecule has 2 nitrogen and oxygen atoms in total. The first-order valence-corrected chi connectivity index (χ1v) is 6.75. The largest absolute Gasteiger partial charge is 0.477 e. The second kappa shape index (κ2) is 3.42. The minimum atomic E-state index is -0.870. The zero-order valence-corrected chi connectivity index (χ0v) is 10.4. The van der Waals surface area contributed by atoms with Crippen molar-refractivity contribution in [3.63, 3.8) is 0 Å². The summed E-state index contributed by atoms with van der Waals surface area (Å²) in [7, 11) is -0.870. The maximum atomic E-state index is 12.0. The van der Waals surface area contributed by atoms with Crippen LogP contribution in [0.5, 0.6) is 0 Å². The van der Waals surface area contributed by atoms with Crippen LogP contribution >= 0.6 is 11.8 Å². The fraction of sp³-hybridized carbons (Fsp3) is 0.600. The third-order valence-corrected chi connectivity index (χ3v) is 6.01. The Morgan fingerprint density at radius 1 is 1.29 bits per heavy atom. The van der Waals surface area contributed by atoms with Gasteiger partial charge in [0, 0.05) is 0 Å². The first-order valence-electron chi connectivity index (χ1n) is 4.60. The van der Waals surface area contributed by atoms with Crippen molar-refractivity contribution in [2.24, 2.45) is 0 Å². The molecular weight excluding hydrogens is 216 g/mol. The predicted octanol–water partition coefficient (Wildman–Crippen LogP) is 2.75. The van der Waals surface area contributed by atoms with Gasteiger partial charge in [0.2, 0.25) is 0 Å². The smallest absolute Gasteiger partial charge is 0.179 e. The normalized spacial score (nSPS) is 34.7. The van der Waals surface area contributed by atoms with Crippen LogP contribution in [0.15, 0.2) is 21.8 Å².